The zero-order chi connectivity index (χ0) is 57.7. The van der Waals surface area contributed by atoms with Crippen LogP contribution in [0.4, 0.5) is 0 Å². The first-order valence-electron chi connectivity index (χ1n) is 35.2. The number of hydrogen-bond donors (Lipinski definition) is 2. The van der Waals surface area contributed by atoms with Gasteiger partial charge in [-0.05, 0) is 44.9 Å². The Balaban J connectivity index is 4.00. The van der Waals surface area contributed by atoms with Crippen LogP contribution in [0.25, 0.3) is 0 Å². The van der Waals surface area contributed by atoms with Crippen LogP contribution < -0.4 is 10.2 Å². The Morgan fingerprint density at radius 2 is 0.734 bits per heavy atom. The van der Waals surface area contributed by atoms with Crippen molar-refractivity contribution in [3.05, 3.63) is 24.3 Å². The van der Waals surface area contributed by atoms with Gasteiger partial charge in [-0.1, -0.05) is 340 Å². The molecule has 0 aliphatic heterocycles. The summed E-state index contributed by atoms with van der Waals surface area (Å²) in [4.78, 5) is 25.7. The maximum atomic E-state index is 13.1. The highest BCUT2D eigenvalue weighted by Gasteiger charge is 2.24. The van der Waals surface area contributed by atoms with Crippen LogP contribution in [-0.2, 0) is 18.4 Å². The number of carbonyl (C=O) groups is 1. The van der Waals surface area contributed by atoms with Crippen molar-refractivity contribution in [1.82, 2.24) is 5.32 Å². The van der Waals surface area contributed by atoms with Gasteiger partial charge in [0.2, 0.25) is 5.91 Å². The summed E-state index contributed by atoms with van der Waals surface area (Å²) in [6.07, 6.45) is 79.7. The summed E-state index contributed by atoms with van der Waals surface area (Å²) >= 11 is 0. The van der Waals surface area contributed by atoms with Gasteiger partial charge in [-0.2, -0.15) is 0 Å². The van der Waals surface area contributed by atoms with Crippen LogP contribution >= 0.6 is 7.82 Å². The molecule has 8 nitrogen and oxygen atoms in total. The lowest BCUT2D eigenvalue weighted by Crippen LogP contribution is -2.46. The summed E-state index contributed by atoms with van der Waals surface area (Å²) in [6, 6.07) is -0.800. The normalized spacial score (nSPS) is 13.8. The van der Waals surface area contributed by atoms with E-state index in [1.165, 1.54) is 295 Å². The molecule has 3 unspecified atom stereocenters. The van der Waals surface area contributed by atoms with E-state index in [9.17, 15) is 19.4 Å². The van der Waals surface area contributed by atoms with Crippen LogP contribution in [0.5, 0.6) is 0 Å². The van der Waals surface area contributed by atoms with Crippen molar-refractivity contribution in [2.24, 2.45) is 0 Å². The van der Waals surface area contributed by atoms with E-state index >= 15 is 0 Å². The van der Waals surface area contributed by atoms with Crippen LogP contribution in [0.1, 0.15) is 367 Å². The first-order chi connectivity index (χ1) is 38.5. The lowest BCUT2D eigenvalue weighted by atomic mass is 10.0. The predicted octanol–water partition coefficient (Wildman–Crippen LogP) is 21.6. The van der Waals surface area contributed by atoms with Crippen molar-refractivity contribution in [3.63, 3.8) is 0 Å². The van der Waals surface area contributed by atoms with Crippen LogP contribution in [0, 0.1) is 0 Å². The summed E-state index contributed by atoms with van der Waals surface area (Å²) in [6.45, 7) is 4.77. The molecule has 0 aromatic heterocycles. The quantitative estimate of drug-likeness (QED) is 0.0272. The number of aliphatic hydroxyl groups excluding tert-OH is 1. The van der Waals surface area contributed by atoms with E-state index in [0.717, 1.165) is 44.9 Å². The summed E-state index contributed by atoms with van der Waals surface area (Å²) in [7, 11) is 1.32. The molecule has 0 aromatic rings. The Kier molecular flexibility index (Phi) is 60.7. The predicted molar refractivity (Wildman–Crippen MR) is 344 cm³/mol. The molecule has 0 aliphatic carbocycles. The van der Waals surface area contributed by atoms with E-state index in [1.807, 2.05) is 21.1 Å². The van der Waals surface area contributed by atoms with Crippen LogP contribution in [0.15, 0.2) is 24.3 Å². The SMILES string of the molecule is CCCCCCC/C=C\C/C=C\CCCCCCCCCCCCCCCCCCCCCC(=O)NC(COP(=O)([O-])OCC[N+](C)(C)C)C(O)CCCCCCCCCCCCCCCCCCCCCCCCCCCC. The van der Waals surface area contributed by atoms with Gasteiger partial charge in [0.1, 0.15) is 13.2 Å². The molecule has 0 saturated heterocycles. The van der Waals surface area contributed by atoms with Crippen LogP contribution in [0.2, 0.25) is 0 Å². The minimum Gasteiger partial charge on any atom is -0.756 e. The molecule has 0 bridgehead atoms. The van der Waals surface area contributed by atoms with E-state index in [0.29, 0.717) is 23.9 Å². The van der Waals surface area contributed by atoms with E-state index in [1.54, 1.807) is 0 Å². The van der Waals surface area contributed by atoms with E-state index in [-0.39, 0.29) is 19.1 Å². The van der Waals surface area contributed by atoms with Gasteiger partial charge in [0.05, 0.1) is 39.9 Å². The Labute approximate surface area is 494 Å². The first kappa shape index (κ1) is 78.0. The molecule has 79 heavy (non-hydrogen) atoms. The molecular weight excluding hydrogens is 996 g/mol. The first-order valence-corrected chi connectivity index (χ1v) is 36.6. The molecule has 0 heterocycles. The van der Waals surface area contributed by atoms with Crippen molar-refractivity contribution in [2.75, 3.05) is 40.9 Å². The lowest BCUT2D eigenvalue weighted by Gasteiger charge is -2.30. The third kappa shape index (κ3) is 64.4. The topological polar surface area (TPSA) is 108 Å². The molecule has 0 rings (SSSR count). The number of amides is 1. The van der Waals surface area contributed by atoms with Crippen molar-refractivity contribution in [2.45, 2.75) is 379 Å². The van der Waals surface area contributed by atoms with Gasteiger partial charge in [-0.25, -0.2) is 0 Å². The van der Waals surface area contributed by atoms with Crippen LogP contribution in [0.3, 0.4) is 0 Å². The van der Waals surface area contributed by atoms with Gasteiger partial charge < -0.3 is 28.8 Å². The van der Waals surface area contributed by atoms with Gasteiger partial charge in [0.25, 0.3) is 7.82 Å². The Hall–Kier alpha value is -1.02. The zero-order valence-corrected chi connectivity index (χ0v) is 54.8. The Morgan fingerprint density at radius 1 is 0.443 bits per heavy atom. The number of nitrogens with zero attached hydrogens (tertiary/aromatic N) is 1. The average molecular weight is 1140 g/mol. The van der Waals surface area contributed by atoms with Crippen molar-refractivity contribution in [3.8, 4) is 0 Å². The monoisotopic (exact) mass is 1140 g/mol. The van der Waals surface area contributed by atoms with Gasteiger partial charge in [0.15, 0.2) is 0 Å². The molecule has 0 saturated carbocycles. The fourth-order valence-electron chi connectivity index (χ4n) is 11.0. The number of likely N-dealkylation sites (N-methyl/N-ethyl adjacent to an activating group) is 1. The smallest absolute Gasteiger partial charge is 0.268 e. The van der Waals surface area contributed by atoms with Crippen molar-refractivity contribution in [1.29, 1.82) is 0 Å². The third-order valence-corrected chi connectivity index (χ3v) is 17.4. The molecule has 0 aromatic carbocycles. The molecule has 3 atom stereocenters. The summed E-state index contributed by atoms with van der Waals surface area (Å²) in [5, 5.41) is 14.1. The number of quaternary nitrogens is 1. The number of aliphatic hydroxyl groups is 1. The van der Waals surface area contributed by atoms with Gasteiger partial charge in [-0.15, -0.1) is 0 Å². The minimum absolute atomic E-state index is 0.0150. The van der Waals surface area contributed by atoms with Crippen molar-refractivity contribution >= 4 is 13.7 Å². The Bertz CT molecular complexity index is 1340. The van der Waals surface area contributed by atoms with E-state index in [2.05, 4.69) is 43.5 Å². The van der Waals surface area contributed by atoms with Gasteiger partial charge in [-0.3, -0.25) is 9.36 Å². The number of carbonyl (C=O) groups excluding carboxylic acids is 1. The molecule has 0 radical (unpaired) electrons. The lowest BCUT2D eigenvalue weighted by molar-refractivity contribution is -0.870. The average Bonchev–Trinajstić information content (AvgIpc) is 3.42. The summed E-state index contributed by atoms with van der Waals surface area (Å²) in [5.74, 6) is -0.156. The van der Waals surface area contributed by atoms with E-state index < -0.39 is 20.0 Å². The molecule has 0 aliphatic rings. The fourth-order valence-corrected chi connectivity index (χ4v) is 11.7. The second-order valence-corrected chi connectivity index (χ2v) is 27.0. The zero-order valence-electron chi connectivity index (χ0n) is 53.9. The number of unbranched alkanes of at least 4 members (excludes halogenated alkanes) is 49. The molecule has 9 heteroatoms. The number of rotatable bonds is 66. The number of hydrogen-bond acceptors (Lipinski definition) is 6. The standard InChI is InChI=1S/C70H139N2O6P/c1-6-8-10-12-14-16-18-20-22-24-26-28-30-32-34-35-36-37-38-40-42-44-46-48-50-52-54-56-58-60-62-64-70(74)71-68(67-78-79(75,76)77-66-65-72(3,4)5)69(73)63-61-59-57-55-53-51-49-47-45-43-41-39-33-31-29-27-25-23-21-19-17-15-13-11-9-7-2/h18,20,24,26,68-69,73H,6-17,19,21-23,25,27-67H2,1-5H3,(H-,71,74,75,76)/b20-18-,26-24-. The summed E-state index contributed by atoms with van der Waals surface area (Å²) in [5.41, 5.74) is 0. The molecule has 0 fully saturated rings. The number of allylic oxidation sites excluding steroid dienone is 4. The number of nitrogens with one attached hydrogen (secondary N) is 1. The summed E-state index contributed by atoms with van der Waals surface area (Å²) < 4.78 is 23.5. The molecule has 2 N–H and O–H groups in total. The maximum Gasteiger partial charge on any atom is 0.268 e. The highest BCUT2D eigenvalue weighted by molar-refractivity contribution is 7.45. The number of phosphoric ester groups is 1. The highest BCUT2D eigenvalue weighted by atomic mass is 31.2. The second-order valence-electron chi connectivity index (χ2n) is 25.6. The molecule has 1 amide bonds. The highest BCUT2D eigenvalue weighted by Crippen LogP contribution is 2.38. The fraction of sp³-hybridized carbons (Fsp3) is 0.929. The van der Waals surface area contributed by atoms with Gasteiger partial charge in [0, 0.05) is 6.42 Å². The largest absolute Gasteiger partial charge is 0.756 e. The third-order valence-electron chi connectivity index (χ3n) is 16.4. The number of phosphoric acid groups is 1. The molecule has 470 valence electrons. The van der Waals surface area contributed by atoms with E-state index in [4.69, 9.17) is 9.05 Å². The molecular formula is C70H139N2O6P. The maximum absolute atomic E-state index is 13.1. The second kappa shape index (κ2) is 61.5. The molecule has 0 spiro atoms. The van der Waals surface area contributed by atoms with Gasteiger partial charge >= 0.3 is 0 Å². The minimum atomic E-state index is -4.58. The van der Waals surface area contributed by atoms with Crippen LogP contribution in [-0.4, -0.2) is 68.5 Å². The van der Waals surface area contributed by atoms with Crippen molar-refractivity contribution < 1.29 is 32.9 Å². The Morgan fingerprint density at radius 3 is 1.05 bits per heavy atom.